The maximum atomic E-state index is 11.0. The number of nitro groups is 1. The van der Waals surface area contributed by atoms with E-state index in [1.807, 2.05) is 6.92 Å². The Balaban J connectivity index is 2.30. The number of nitro benzene ring substituents is 1. The average Bonchev–Trinajstić information content (AvgIpc) is 2.43. The van der Waals surface area contributed by atoms with Crippen LogP contribution in [0.1, 0.15) is 6.92 Å². The topological polar surface area (TPSA) is 80.1 Å². The van der Waals surface area contributed by atoms with Gasteiger partial charge in [0, 0.05) is 42.6 Å². The van der Waals surface area contributed by atoms with Crippen LogP contribution in [0.15, 0.2) is 30.6 Å². The van der Waals surface area contributed by atoms with Gasteiger partial charge in [0.15, 0.2) is 0 Å². The first kappa shape index (κ1) is 13.2. The van der Waals surface area contributed by atoms with Gasteiger partial charge in [-0.25, -0.2) is 0 Å². The number of non-ortho nitro benzene ring substituents is 1. The van der Waals surface area contributed by atoms with Gasteiger partial charge in [-0.2, -0.15) is 0 Å². The molecular formula is C13H16N4O2. The lowest BCUT2D eigenvalue weighted by Crippen LogP contribution is -2.21. The van der Waals surface area contributed by atoms with E-state index in [4.69, 9.17) is 0 Å². The van der Waals surface area contributed by atoms with Crippen LogP contribution in [0.2, 0.25) is 0 Å². The molecule has 0 radical (unpaired) electrons. The third kappa shape index (κ3) is 2.97. The van der Waals surface area contributed by atoms with Gasteiger partial charge < -0.3 is 10.6 Å². The summed E-state index contributed by atoms with van der Waals surface area (Å²) in [5.41, 5.74) is 0.973. The number of pyridine rings is 1. The number of rotatable bonds is 6. The number of nitrogens with zero attached hydrogens (tertiary/aromatic N) is 2. The molecule has 0 aliphatic rings. The monoisotopic (exact) mass is 260 g/mol. The fourth-order valence-electron chi connectivity index (χ4n) is 1.95. The number of hydrogen-bond acceptors (Lipinski definition) is 5. The van der Waals surface area contributed by atoms with Crippen molar-refractivity contribution >= 4 is 22.1 Å². The minimum Gasteiger partial charge on any atom is -0.383 e. The van der Waals surface area contributed by atoms with Gasteiger partial charge in [-0.3, -0.25) is 15.1 Å². The lowest BCUT2D eigenvalue weighted by Gasteiger charge is -2.10. The van der Waals surface area contributed by atoms with Crippen molar-refractivity contribution in [1.29, 1.82) is 0 Å². The number of nitrogens with one attached hydrogen (secondary N) is 2. The van der Waals surface area contributed by atoms with E-state index in [1.165, 1.54) is 6.07 Å². The summed E-state index contributed by atoms with van der Waals surface area (Å²) < 4.78 is 0. The Labute approximate surface area is 111 Å². The van der Waals surface area contributed by atoms with Crippen LogP contribution >= 0.6 is 0 Å². The lowest BCUT2D eigenvalue weighted by molar-refractivity contribution is -0.383. The number of likely N-dealkylation sites (N-methyl/N-ethyl adjacent to an activating group) is 1. The molecular weight excluding hydrogens is 244 g/mol. The molecule has 2 aromatic rings. The van der Waals surface area contributed by atoms with Gasteiger partial charge >= 0.3 is 0 Å². The van der Waals surface area contributed by atoms with Crippen LogP contribution in [0.25, 0.3) is 10.8 Å². The first-order valence-electron chi connectivity index (χ1n) is 6.19. The van der Waals surface area contributed by atoms with E-state index in [0.717, 1.165) is 30.7 Å². The van der Waals surface area contributed by atoms with Gasteiger partial charge in [-0.05, 0) is 18.7 Å². The molecule has 0 fully saturated rings. The molecule has 2 rings (SSSR count). The van der Waals surface area contributed by atoms with Crippen LogP contribution in [0.5, 0.6) is 0 Å². The first-order valence-corrected chi connectivity index (χ1v) is 6.19. The molecule has 0 saturated heterocycles. The number of hydrogen-bond donors (Lipinski definition) is 2. The highest BCUT2D eigenvalue weighted by Gasteiger charge is 2.13. The Morgan fingerprint density at radius 1 is 1.26 bits per heavy atom. The number of aromatic nitrogens is 1. The van der Waals surface area contributed by atoms with E-state index in [9.17, 15) is 10.1 Å². The molecule has 0 amide bonds. The van der Waals surface area contributed by atoms with Crippen molar-refractivity contribution in [3.8, 4) is 0 Å². The van der Waals surface area contributed by atoms with Crippen molar-refractivity contribution in [2.75, 3.05) is 25.0 Å². The van der Waals surface area contributed by atoms with Crippen LogP contribution in [-0.4, -0.2) is 29.5 Å². The average molecular weight is 260 g/mol. The minimum absolute atomic E-state index is 0.106. The second-order valence-corrected chi connectivity index (χ2v) is 4.09. The summed E-state index contributed by atoms with van der Waals surface area (Å²) in [7, 11) is 0. The summed E-state index contributed by atoms with van der Waals surface area (Å²) in [6.07, 6.45) is 3.22. The molecule has 6 nitrogen and oxygen atoms in total. The van der Waals surface area contributed by atoms with Gasteiger partial charge in [0.25, 0.3) is 5.69 Å². The Hall–Kier alpha value is -2.21. The van der Waals surface area contributed by atoms with Crippen LogP contribution in [0, 0.1) is 10.1 Å². The Morgan fingerprint density at radius 3 is 2.84 bits per heavy atom. The summed E-state index contributed by atoms with van der Waals surface area (Å²) in [4.78, 5) is 14.7. The molecule has 1 heterocycles. The van der Waals surface area contributed by atoms with Gasteiger partial charge in [0.2, 0.25) is 0 Å². The van der Waals surface area contributed by atoms with Crippen molar-refractivity contribution in [3.63, 3.8) is 0 Å². The van der Waals surface area contributed by atoms with Gasteiger partial charge in [-0.15, -0.1) is 0 Å². The van der Waals surface area contributed by atoms with E-state index in [2.05, 4.69) is 15.6 Å². The van der Waals surface area contributed by atoms with Crippen LogP contribution < -0.4 is 10.6 Å². The normalized spacial score (nSPS) is 10.6. The lowest BCUT2D eigenvalue weighted by atomic mass is 10.1. The zero-order chi connectivity index (χ0) is 13.7. The quantitative estimate of drug-likeness (QED) is 0.472. The second kappa shape index (κ2) is 6.10. The predicted molar refractivity (Wildman–Crippen MR) is 75.4 cm³/mol. The van der Waals surface area contributed by atoms with Gasteiger partial charge in [-0.1, -0.05) is 6.92 Å². The van der Waals surface area contributed by atoms with Crippen molar-refractivity contribution in [3.05, 3.63) is 40.7 Å². The third-order valence-electron chi connectivity index (χ3n) is 2.86. The van der Waals surface area contributed by atoms with Crippen LogP contribution in [0.4, 0.5) is 11.4 Å². The maximum Gasteiger partial charge on any atom is 0.277 e. The highest BCUT2D eigenvalue weighted by atomic mass is 16.6. The zero-order valence-electron chi connectivity index (χ0n) is 10.7. The summed E-state index contributed by atoms with van der Waals surface area (Å²) in [6, 6.07) is 4.93. The summed E-state index contributed by atoms with van der Waals surface area (Å²) >= 11 is 0. The molecule has 2 N–H and O–H groups in total. The van der Waals surface area contributed by atoms with Crippen molar-refractivity contribution in [1.82, 2.24) is 10.3 Å². The summed E-state index contributed by atoms with van der Waals surface area (Å²) in [5.74, 6) is 0. The van der Waals surface area contributed by atoms with Crippen molar-refractivity contribution < 1.29 is 4.92 Å². The zero-order valence-corrected chi connectivity index (χ0v) is 10.7. The minimum atomic E-state index is -0.370. The Morgan fingerprint density at radius 2 is 2.11 bits per heavy atom. The highest BCUT2D eigenvalue weighted by Crippen LogP contribution is 2.30. The molecule has 0 aliphatic carbocycles. The smallest absolute Gasteiger partial charge is 0.277 e. The molecule has 0 aliphatic heterocycles. The maximum absolute atomic E-state index is 11.0. The number of benzene rings is 1. The second-order valence-electron chi connectivity index (χ2n) is 4.09. The number of fused-ring (bicyclic) bond motifs is 1. The molecule has 19 heavy (non-hydrogen) atoms. The highest BCUT2D eigenvalue weighted by molar-refractivity contribution is 5.99. The van der Waals surface area contributed by atoms with Gasteiger partial charge in [0.05, 0.1) is 10.3 Å². The van der Waals surface area contributed by atoms with E-state index >= 15 is 0 Å². The standard InChI is InChI=1S/C13H16N4O2/c1-2-14-7-8-16-12-3-4-13(17(18)19)10-5-6-15-9-11(10)12/h3-6,9,14,16H,2,7-8H2,1H3. The summed E-state index contributed by atoms with van der Waals surface area (Å²) in [6.45, 7) is 4.57. The Bertz CT molecular complexity index is 586. The van der Waals surface area contributed by atoms with Crippen LogP contribution in [-0.2, 0) is 0 Å². The molecule has 1 aromatic heterocycles. The van der Waals surface area contributed by atoms with Crippen molar-refractivity contribution in [2.45, 2.75) is 6.92 Å². The van der Waals surface area contributed by atoms with Crippen molar-refractivity contribution in [2.24, 2.45) is 0 Å². The molecule has 0 spiro atoms. The van der Waals surface area contributed by atoms with Gasteiger partial charge in [0.1, 0.15) is 0 Å². The molecule has 0 unspecified atom stereocenters. The number of anilines is 1. The molecule has 1 aromatic carbocycles. The molecule has 6 heteroatoms. The molecule has 0 bridgehead atoms. The van der Waals surface area contributed by atoms with E-state index in [-0.39, 0.29) is 10.6 Å². The summed E-state index contributed by atoms with van der Waals surface area (Å²) in [5, 5.41) is 18.8. The fourth-order valence-corrected chi connectivity index (χ4v) is 1.95. The van der Waals surface area contributed by atoms with Crippen LogP contribution in [0.3, 0.4) is 0 Å². The predicted octanol–water partition coefficient (Wildman–Crippen LogP) is 2.16. The SMILES string of the molecule is CCNCCNc1ccc([N+](=O)[O-])c2ccncc12. The first-order chi connectivity index (χ1) is 9.24. The van der Waals surface area contributed by atoms with E-state index in [0.29, 0.717) is 5.39 Å². The van der Waals surface area contributed by atoms with E-state index < -0.39 is 0 Å². The molecule has 100 valence electrons. The Kier molecular flexibility index (Phi) is 4.25. The van der Waals surface area contributed by atoms with E-state index in [1.54, 1.807) is 24.5 Å². The largest absolute Gasteiger partial charge is 0.383 e. The fraction of sp³-hybridized carbons (Fsp3) is 0.308. The molecule has 0 saturated carbocycles. The molecule has 0 atom stereocenters. The third-order valence-corrected chi connectivity index (χ3v) is 2.86.